The number of ether oxygens (including phenoxy) is 1. The van der Waals surface area contributed by atoms with Crippen molar-refractivity contribution in [3.05, 3.63) is 35.9 Å². The summed E-state index contributed by atoms with van der Waals surface area (Å²) in [5, 5.41) is 11.6. The molecule has 0 radical (unpaired) electrons. The maximum absolute atomic E-state index is 5.39. The van der Waals surface area contributed by atoms with E-state index in [0.29, 0.717) is 0 Å². The average molecular weight is 257 g/mol. The fraction of sp³-hybridized carbons (Fsp3) is 0.333. The largest absolute Gasteiger partial charge is 0.496 e. The van der Waals surface area contributed by atoms with Crippen molar-refractivity contribution in [3.8, 4) is 17.0 Å². The van der Waals surface area contributed by atoms with Gasteiger partial charge >= 0.3 is 0 Å². The molecule has 4 heteroatoms. The lowest BCUT2D eigenvalue weighted by atomic mass is 10.0. The number of aromatic nitrogens is 2. The van der Waals surface area contributed by atoms with Crippen LogP contribution in [0.15, 0.2) is 30.3 Å². The van der Waals surface area contributed by atoms with Crippen molar-refractivity contribution in [3.63, 3.8) is 0 Å². The van der Waals surface area contributed by atoms with Gasteiger partial charge in [-0.25, -0.2) is 0 Å². The number of benzene rings is 1. The van der Waals surface area contributed by atoms with Crippen molar-refractivity contribution in [1.82, 2.24) is 10.2 Å². The minimum atomic E-state index is 0.789. The Kier molecular flexibility index (Phi) is 4.34. The highest BCUT2D eigenvalue weighted by Crippen LogP contribution is 2.29. The first-order chi connectivity index (χ1) is 9.28. The average Bonchev–Trinajstić information content (AvgIpc) is 2.47. The zero-order valence-electron chi connectivity index (χ0n) is 11.6. The van der Waals surface area contributed by atoms with Gasteiger partial charge in [-0.2, -0.15) is 0 Å². The fourth-order valence-corrected chi connectivity index (χ4v) is 1.93. The third-order valence-corrected chi connectivity index (χ3v) is 2.97. The molecule has 0 amide bonds. The molecule has 19 heavy (non-hydrogen) atoms. The van der Waals surface area contributed by atoms with E-state index in [4.69, 9.17) is 4.74 Å². The molecule has 0 aliphatic rings. The quantitative estimate of drug-likeness (QED) is 0.893. The molecule has 0 aliphatic carbocycles. The molecule has 2 rings (SSSR count). The molecule has 1 N–H and O–H groups in total. The summed E-state index contributed by atoms with van der Waals surface area (Å²) in [4.78, 5) is 0. The topological polar surface area (TPSA) is 47.0 Å². The zero-order chi connectivity index (χ0) is 13.7. The van der Waals surface area contributed by atoms with Gasteiger partial charge in [-0.05, 0) is 43.2 Å². The Bertz CT molecular complexity index is 538. The third-order valence-electron chi connectivity index (χ3n) is 2.97. The first-order valence-corrected chi connectivity index (χ1v) is 6.53. The highest BCUT2D eigenvalue weighted by molar-refractivity contribution is 5.68. The lowest BCUT2D eigenvalue weighted by molar-refractivity contribution is 0.416. The Morgan fingerprint density at radius 2 is 1.95 bits per heavy atom. The van der Waals surface area contributed by atoms with Crippen LogP contribution >= 0.6 is 0 Å². The van der Waals surface area contributed by atoms with Crippen LogP contribution in [-0.4, -0.2) is 23.9 Å². The van der Waals surface area contributed by atoms with Crippen LogP contribution in [0.25, 0.3) is 11.3 Å². The van der Waals surface area contributed by atoms with Gasteiger partial charge in [0.1, 0.15) is 11.6 Å². The van der Waals surface area contributed by atoms with Crippen LogP contribution in [0.4, 0.5) is 5.82 Å². The number of rotatable bonds is 5. The van der Waals surface area contributed by atoms with Crippen LogP contribution in [0.5, 0.6) is 5.75 Å². The number of nitrogens with one attached hydrogen (secondary N) is 1. The second kappa shape index (κ2) is 6.18. The van der Waals surface area contributed by atoms with Gasteiger partial charge < -0.3 is 10.1 Å². The van der Waals surface area contributed by atoms with E-state index in [1.54, 1.807) is 7.11 Å². The first kappa shape index (κ1) is 13.3. The molecule has 100 valence electrons. The molecule has 2 aromatic rings. The lowest BCUT2D eigenvalue weighted by Crippen LogP contribution is -2.01. The van der Waals surface area contributed by atoms with E-state index in [0.717, 1.165) is 35.8 Å². The summed E-state index contributed by atoms with van der Waals surface area (Å²) in [6.45, 7) is 5.00. The van der Waals surface area contributed by atoms with Crippen molar-refractivity contribution < 1.29 is 4.74 Å². The molecule has 0 spiro atoms. The molecule has 1 aromatic heterocycles. The van der Waals surface area contributed by atoms with Crippen LogP contribution in [0.1, 0.15) is 19.4 Å². The van der Waals surface area contributed by atoms with Gasteiger partial charge in [0.2, 0.25) is 0 Å². The Balaban J connectivity index is 2.38. The van der Waals surface area contributed by atoms with Crippen LogP contribution in [0.2, 0.25) is 0 Å². The molecule has 0 bridgehead atoms. The van der Waals surface area contributed by atoms with E-state index in [-0.39, 0.29) is 0 Å². The number of methoxy groups -OCH3 is 1. The monoisotopic (exact) mass is 257 g/mol. The predicted octanol–water partition coefficient (Wildman–Crippen LogP) is 3.15. The van der Waals surface area contributed by atoms with Gasteiger partial charge in [0.05, 0.1) is 12.8 Å². The van der Waals surface area contributed by atoms with Gasteiger partial charge in [-0.3, -0.25) is 0 Å². The summed E-state index contributed by atoms with van der Waals surface area (Å²) < 4.78 is 5.39. The van der Waals surface area contributed by atoms with Crippen LogP contribution < -0.4 is 10.1 Å². The minimum absolute atomic E-state index is 0.789. The summed E-state index contributed by atoms with van der Waals surface area (Å²) in [5.41, 5.74) is 3.07. The Labute approximate surface area is 113 Å². The maximum atomic E-state index is 5.39. The van der Waals surface area contributed by atoms with Crippen molar-refractivity contribution >= 4 is 5.82 Å². The Morgan fingerprint density at radius 3 is 2.53 bits per heavy atom. The molecule has 0 unspecified atom stereocenters. The first-order valence-electron chi connectivity index (χ1n) is 6.53. The number of hydrogen-bond acceptors (Lipinski definition) is 4. The van der Waals surface area contributed by atoms with E-state index in [2.05, 4.69) is 34.6 Å². The van der Waals surface area contributed by atoms with Gasteiger partial charge in [-0.1, -0.05) is 13.0 Å². The third kappa shape index (κ3) is 3.02. The molecular weight excluding hydrogens is 238 g/mol. The minimum Gasteiger partial charge on any atom is -0.496 e. The van der Waals surface area contributed by atoms with Crippen LogP contribution in [0.3, 0.4) is 0 Å². The van der Waals surface area contributed by atoms with Crippen molar-refractivity contribution in [2.75, 3.05) is 19.0 Å². The number of aryl methyl sites for hydroxylation is 1. The fourth-order valence-electron chi connectivity index (χ4n) is 1.93. The Hall–Kier alpha value is -2.10. The molecule has 0 atom stereocenters. The van der Waals surface area contributed by atoms with Gasteiger partial charge in [0, 0.05) is 12.1 Å². The van der Waals surface area contributed by atoms with E-state index in [1.165, 1.54) is 5.56 Å². The highest BCUT2D eigenvalue weighted by Gasteiger charge is 2.08. The standard InChI is InChI=1S/C15H19N3O/c1-4-11-6-8-14(19-3)12(10-11)13-7-9-15(16-5-2)18-17-13/h6-10H,4-5H2,1-3H3,(H,16,18). The van der Waals surface area contributed by atoms with Gasteiger partial charge in [-0.15, -0.1) is 10.2 Å². The van der Waals surface area contributed by atoms with Crippen molar-refractivity contribution in [1.29, 1.82) is 0 Å². The second-order valence-corrected chi connectivity index (χ2v) is 4.22. The van der Waals surface area contributed by atoms with Gasteiger partial charge in [0.15, 0.2) is 0 Å². The second-order valence-electron chi connectivity index (χ2n) is 4.22. The molecule has 0 aliphatic heterocycles. The lowest BCUT2D eigenvalue weighted by Gasteiger charge is -2.10. The highest BCUT2D eigenvalue weighted by atomic mass is 16.5. The van der Waals surface area contributed by atoms with Crippen LogP contribution in [0, 0.1) is 0 Å². The summed E-state index contributed by atoms with van der Waals surface area (Å²) >= 11 is 0. The van der Waals surface area contributed by atoms with E-state index >= 15 is 0 Å². The van der Waals surface area contributed by atoms with Crippen LogP contribution in [-0.2, 0) is 6.42 Å². The number of hydrogen-bond donors (Lipinski definition) is 1. The normalized spacial score (nSPS) is 10.3. The molecule has 0 fully saturated rings. The Morgan fingerprint density at radius 1 is 1.11 bits per heavy atom. The smallest absolute Gasteiger partial charge is 0.148 e. The number of nitrogens with zero attached hydrogens (tertiary/aromatic N) is 2. The van der Waals surface area contributed by atoms with E-state index in [1.807, 2.05) is 25.1 Å². The predicted molar refractivity (Wildman–Crippen MR) is 77.6 cm³/mol. The molecule has 0 saturated heterocycles. The van der Waals surface area contributed by atoms with E-state index in [9.17, 15) is 0 Å². The van der Waals surface area contributed by atoms with E-state index < -0.39 is 0 Å². The molecule has 1 heterocycles. The molecular formula is C15H19N3O. The van der Waals surface area contributed by atoms with Gasteiger partial charge in [0.25, 0.3) is 0 Å². The summed E-state index contributed by atoms with van der Waals surface area (Å²) in [6.07, 6.45) is 0.986. The molecule has 4 nitrogen and oxygen atoms in total. The summed E-state index contributed by atoms with van der Waals surface area (Å²) in [5.74, 6) is 1.61. The summed E-state index contributed by atoms with van der Waals surface area (Å²) in [7, 11) is 1.67. The summed E-state index contributed by atoms with van der Waals surface area (Å²) in [6, 6.07) is 10.1. The zero-order valence-corrected chi connectivity index (χ0v) is 11.6. The molecule has 1 aromatic carbocycles. The maximum Gasteiger partial charge on any atom is 0.148 e. The molecule has 0 saturated carbocycles. The SMILES string of the molecule is CCNc1ccc(-c2cc(CC)ccc2OC)nn1. The van der Waals surface area contributed by atoms with Crippen molar-refractivity contribution in [2.45, 2.75) is 20.3 Å². The number of anilines is 1. The van der Waals surface area contributed by atoms with Crippen molar-refractivity contribution in [2.24, 2.45) is 0 Å².